The molecule has 1 aromatic rings. The van der Waals surface area contributed by atoms with Crippen LogP contribution in [-0.2, 0) is 0 Å². The second-order valence-electron chi connectivity index (χ2n) is 6.26. The second-order valence-corrected chi connectivity index (χ2v) is 7.85. The normalized spacial score (nSPS) is 13.9. The van der Waals surface area contributed by atoms with E-state index in [1.54, 1.807) is 11.9 Å². The summed E-state index contributed by atoms with van der Waals surface area (Å²) in [4.78, 5) is 0. The Labute approximate surface area is 110 Å². The summed E-state index contributed by atoms with van der Waals surface area (Å²) in [5.41, 5.74) is 2.45. The first-order valence-electron chi connectivity index (χ1n) is 6.02. The molecule has 17 heavy (non-hydrogen) atoms. The van der Waals surface area contributed by atoms with Crippen molar-refractivity contribution < 1.29 is 0 Å². The van der Waals surface area contributed by atoms with Crippen molar-refractivity contribution in [2.45, 2.75) is 46.3 Å². The molecule has 0 aliphatic heterocycles. The lowest BCUT2D eigenvalue weighted by Crippen LogP contribution is -2.21. The van der Waals surface area contributed by atoms with Crippen molar-refractivity contribution in [3.8, 4) is 0 Å². The molecule has 0 aromatic heterocycles. The third kappa shape index (κ3) is 4.95. The minimum atomic E-state index is 0.0691. The monoisotopic (exact) mass is 249 g/mol. The Morgan fingerprint density at radius 2 is 1.47 bits per heavy atom. The lowest BCUT2D eigenvalue weighted by molar-refractivity contribution is 0.593. The standard InChI is InChI=1S/C15H23NS/c1-14(2,3)13(16-17-15(4,5)6)12-10-8-7-9-11-12/h7-11H,1-6H3/b16-13-. The summed E-state index contributed by atoms with van der Waals surface area (Å²) >= 11 is 1.65. The van der Waals surface area contributed by atoms with Crippen LogP contribution in [0, 0.1) is 5.41 Å². The van der Waals surface area contributed by atoms with E-state index < -0.39 is 0 Å². The molecule has 0 N–H and O–H groups in total. The zero-order valence-electron chi connectivity index (χ0n) is 11.7. The summed E-state index contributed by atoms with van der Waals surface area (Å²) in [5, 5.41) is 0. The van der Waals surface area contributed by atoms with Gasteiger partial charge in [0, 0.05) is 10.2 Å². The summed E-state index contributed by atoms with van der Waals surface area (Å²) in [5.74, 6) is 0. The Balaban J connectivity index is 3.07. The van der Waals surface area contributed by atoms with E-state index >= 15 is 0 Å². The average molecular weight is 249 g/mol. The van der Waals surface area contributed by atoms with Crippen molar-refractivity contribution in [1.29, 1.82) is 0 Å². The first-order valence-corrected chi connectivity index (χ1v) is 6.79. The van der Waals surface area contributed by atoms with Gasteiger partial charge < -0.3 is 0 Å². The van der Waals surface area contributed by atoms with Gasteiger partial charge in [0.05, 0.1) is 5.71 Å². The fourth-order valence-electron chi connectivity index (χ4n) is 1.40. The number of hydrogen-bond acceptors (Lipinski definition) is 2. The van der Waals surface area contributed by atoms with Gasteiger partial charge in [-0.15, -0.1) is 0 Å². The molecule has 0 radical (unpaired) electrons. The molecule has 1 aromatic carbocycles. The Bertz CT molecular complexity index is 380. The summed E-state index contributed by atoms with van der Waals surface area (Å²) < 4.78 is 4.93. The molecule has 0 bridgehead atoms. The molecular weight excluding hydrogens is 226 g/mol. The zero-order valence-corrected chi connectivity index (χ0v) is 12.6. The van der Waals surface area contributed by atoms with Crippen molar-refractivity contribution in [3.05, 3.63) is 35.9 Å². The van der Waals surface area contributed by atoms with E-state index in [1.807, 2.05) is 6.07 Å². The number of hydrogen-bond donors (Lipinski definition) is 0. The van der Waals surface area contributed by atoms with Gasteiger partial charge in [-0.05, 0) is 38.3 Å². The molecule has 94 valence electrons. The SMILES string of the molecule is CC(C)(C)S/N=C(/c1ccccc1)C(C)(C)C. The van der Waals surface area contributed by atoms with Crippen LogP contribution in [0.3, 0.4) is 0 Å². The summed E-state index contributed by atoms with van der Waals surface area (Å²) in [6.45, 7) is 13.2. The summed E-state index contributed by atoms with van der Waals surface area (Å²) in [7, 11) is 0. The Morgan fingerprint density at radius 1 is 0.941 bits per heavy atom. The fourth-order valence-corrected chi connectivity index (χ4v) is 2.15. The number of benzene rings is 1. The molecule has 0 fully saturated rings. The van der Waals surface area contributed by atoms with Gasteiger partial charge >= 0.3 is 0 Å². The highest BCUT2D eigenvalue weighted by molar-refractivity contribution is 7.99. The van der Waals surface area contributed by atoms with E-state index in [1.165, 1.54) is 5.56 Å². The van der Waals surface area contributed by atoms with Crippen molar-refractivity contribution in [2.75, 3.05) is 0 Å². The van der Waals surface area contributed by atoms with Crippen LogP contribution >= 0.6 is 11.9 Å². The zero-order chi connectivity index (χ0) is 13.1. The minimum Gasteiger partial charge on any atom is -0.219 e. The molecule has 0 heterocycles. The first-order chi connectivity index (χ1) is 7.70. The van der Waals surface area contributed by atoms with Crippen molar-refractivity contribution in [3.63, 3.8) is 0 Å². The minimum absolute atomic E-state index is 0.0691. The van der Waals surface area contributed by atoms with Crippen LogP contribution in [0.5, 0.6) is 0 Å². The van der Waals surface area contributed by atoms with Crippen LogP contribution in [0.2, 0.25) is 0 Å². The second kappa shape index (κ2) is 5.26. The Morgan fingerprint density at radius 3 is 1.88 bits per heavy atom. The van der Waals surface area contributed by atoms with Crippen molar-refractivity contribution >= 4 is 17.7 Å². The maximum Gasteiger partial charge on any atom is 0.0612 e. The van der Waals surface area contributed by atoms with Crippen LogP contribution in [0.4, 0.5) is 0 Å². The van der Waals surface area contributed by atoms with E-state index in [4.69, 9.17) is 4.40 Å². The highest BCUT2D eigenvalue weighted by Gasteiger charge is 2.22. The van der Waals surface area contributed by atoms with Gasteiger partial charge in [-0.2, -0.15) is 0 Å². The van der Waals surface area contributed by atoms with E-state index in [-0.39, 0.29) is 10.2 Å². The van der Waals surface area contributed by atoms with Gasteiger partial charge in [-0.1, -0.05) is 51.1 Å². The third-order valence-corrected chi connectivity index (χ3v) is 2.99. The van der Waals surface area contributed by atoms with Crippen molar-refractivity contribution in [1.82, 2.24) is 0 Å². The molecule has 0 spiro atoms. The van der Waals surface area contributed by atoms with Crippen LogP contribution in [0.1, 0.15) is 47.1 Å². The van der Waals surface area contributed by atoms with Gasteiger partial charge in [0.2, 0.25) is 0 Å². The average Bonchev–Trinajstić information content (AvgIpc) is 2.15. The maximum absolute atomic E-state index is 4.77. The molecule has 1 rings (SSSR count). The predicted octanol–water partition coefficient (Wildman–Crippen LogP) is 4.97. The maximum atomic E-state index is 4.77. The lowest BCUT2D eigenvalue weighted by Gasteiger charge is -2.23. The quantitative estimate of drug-likeness (QED) is 0.532. The molecule has 1 nitrogen and oxygen atoms in total. The van der Waals surface area contributed by atoms with Crippen LogP contribution in [0.25, 0.3) is 0 Å². The number of rotatable bonds is 2. The molecular formula is C15H23NS. The van der Waals surface area contributed by atoms with Crippen LogP contribution < -0.4 is 0 Å². The van der Waals surface area contributed by atoms with Gasteiger partial charge in [0.1, 0.15) is 0 Å². The van der Waals surface area contributed by atoms with E-state index in [2.05, 4.69) is 65.8 Å². The van der Waals surface area contributed by atoms with E-state index in [9.17, 15) is 0 Å². The molecule has 0 saturated heterocycles. The molecule has 0 unspecified atom stereocenters. The van der Waals surface area contributed by atoms with Crippen molar-refractivity contribution in [2.24, 2.45) is 9.81 Å². The molecule has 2 heteroatoms. The predicted molar refractivity (Wildman–Crippen MR) is 79.8 cm³/mol. The Kier molecular flexibility index (Phi) is 4.42. The molecule has 0 aliphatic rings. The summed E-state index contributed by atoms with van der Waals surface area (Å²) in [6, 6.07) is 10.4. The third-order valence-electron chi connectivity index (χ3n) is 2.17. The highest BCUT2D eigenvalue weighted by atomic mass is 32.2. The van der Waals surface area contributed by atoms with Gasteiger partial charge in [-0.3, -0.25) is 0 Å². The molecule has 0 saturated carbocycles. The largest absolute Gasteiger partial charge is 0.219 e. The summed E-state index contributed by atoms with van der Waals surface area (Å²) in [6.07, 6.45) is 0. The molecule has 0 amide bonds. The lowest BCUT2D eigenvalue weighted by atomic mass is 9.86. The van der Waals surface area contributed by atoms with E-state index in [0.717, 1.165) is 5.71 Å². The fraction of sp³-hybridized carbons (Fsp3) is 0.533. The van der Waals surface area contributed by atoms with Gasteiger partial charge in [0.15, 0.2) is 0 Å². The van der Waals surface area contributed by atoms with Crippen LogP contribution in [-0.4, -0.2) is 10.5 Å². The van der Waals surface area contributed by atoms with E-state index in [0.29, 0.717) is 0 Å². The molecule has 0 atom stereocenters. The number of nitrogens with zero attached hydrogens (tertiary/aromatic N) is 1. The topological polar surface area (TPSA) is 12.4 Å². The smallest absolute Gasteiger partial charge is 0.0612 e. The van der Waals surface area contributed by atoms with Gasteiger partial charge in [-0.25, -0.2) is 4.40 Å². The molecule has 0 aliphatic carbocycles. The highest BCUT2D eigenvalue weighted by Crippen LogP contribution is 2.30. The van der Waals surface area contributed by atoms with Gasteiger partial charge in [0.25, 0.3) is 0 Å². The Hall–Kier alpha value is -0.760. The van der Waals surface area contributed by atoms with Crippen LogP contribution in [0.15, 0.2) is 34.7 Å². The first kappa shape index (κ1) is 14.3.